The third-order valence-corrected chi connectivity index (χ3v) is 6.40. The fourth-order valence-corrected chi connectivity index (χ4v) is 4.66. The van der Waals surface area contributed by atoms with Gasteiger partial charge in [-0.05, 0) is 87.6 Å². The Labute approximate surface area is 197 Å². The molecule has 2 aromatic carbocycles. The quantitative estimate of drug-likeness (QED) is 0.532. The highest BCUT2D eigenvalue weighted by Crippen LogP contribution is 2.23. The Kier molecular flexibility index (Phi) is 7.40. The molecule has 5 nitrogen and oxygen atoms in total. The molecule has 3 aromatic rings. The molecule has 0 radical (unpaired) electrons. The van der Waals surface area contributed by atoms with Gasteiger partial charge in [0.25, 0.3) is 5.91 Å². The number of pyridine rings is 1. The first-order chi connectivity index (χ1) is 16.0. The highest BCUT2D eigenvalue weighted by atomic mass is 16.1. The van der Waals surface area contributed by atoms with E-state index in [1.807, 2.05) is 62.6 Å². The normalized spacial score (nSPS) is 15.3. The zero-order valence-corrected chi connectivity index (χ0v) is 19.8. The van der Waals surface area contributed by atoms with Gasteiger partial charge in [-0.2, -0.15) is 0 Å². The largest absolute Gasteiger partial charge is 0.371 e. The first kappa shape index (κ1) is 23.0. The molecular formula is C28H34N4O. The van der Waals surface area contributed by atoms with Crippen molar-refractivity contribution in [3.8, 4) is 0 Å². The van der Waals surface area contributed by atoms with Crippen molar-refractivity contribution in [3.05, 3.63) is 89.2 Å². The van der Waals surface area contributed by atoms with Gasteiger partial charge in [0.15, 0.2) is 0 Å². The van der Waals surface area contributed by atoms with Gasteiger partial charge >= 0.3 is 0 Å². The van der Waals surface area contributed by atoms with Crippen LogP contribution in [0.25, 0.3) is 0 Å². The van der Waals surface area contributed by atoms with Crippen molar-refractivity contribution in [2.24, 2.45) is 0 Å². The van der Waals surface area contributed by atoms with Gasteiger partial charge in [-0.3, -0.25) is 9.78 Å². The van der Waals surface area contributed by atoms with E-state index in [2.05, 4.69) is 45.6 Å². The SMILES string of the molecule is Cc1ccc(C(=O)Nc2ccc(N3CCC(NC(C)Cc4cccnc4)CC3)cc2)c(C)c1. The molecule has 33 heavy (non-hydrogen) atoms. The number of hydrogen-bond acceptors (Lipinski definition) is 4. The van der Waals surface area contributed by atoms with E-state index in [1.165, 1.54) is 11.3 Å². The van der Waals surface area contributed by atoms with Crippen molar-refractivity contribution in [2.45, 2.75) is 52.1 Å². The Balaban J connectivity index is 1.26. The number of piperidine rings is 1. The standard InChI is InChI=1S/C28H34N4O/c1-20-6-11-27(21(2)17-20)28(33)31-24-7-9-26(10-8-24)32-15-12-25(13-16-32)30-22(3)18-23-5-4-14-29-19-23/h4-11,14,17,19,22,25,30H,12-13,15-16,18H2,1-3H3,(H,31,33). The molecule has 1 unspecified atom stereocenters. The molecule has 1 aliphatic rings. The van der Waals surface area contributed by atoms with E-state index >= 15 is 0 Å². The average molecular weight is 443 g/mol. The molecule has 2 N–H and O–H groups in total. The molecule has 0 saturated carbocycles. The smallest absolute Gasteiger partial charge is 0.255 e. The van der Waals surface area contributed by atoms with Gasteiger partial charge in [0.2, 0.25) is 0 Å². The van der Waals surface area contributed by atoms with Gasteiger partial charge in [-0.25, -0.2) is 0 Å². The molecule has 1 amide bonds. The number of benzene rings is 2. The number of aryl methyl sites for hydroxylation is 2. The van der Waals surface area contributed by atoms with Crippen molar-refractivity contribution >= 4 is 17.3 Å². The fourth-order valence-electron chi connectivity index (χ4n) is 4.66. The van der Waals surface area contributed by atoms with Crippen LogP contribution in [0.1, 0.15) is 46.8 Å². The molecule has 1 saturated heterocycles. The average Bonchev–Trinajstić information content (AvgIpc) is 2.80. The number of anilines is 2. The van der Waals surface area contributed by atoms with Crippen molar-refractivity contribution < 1.29 is 4.79 Å². The zero-order valence-electron chi connectivity index (χ0n) is 19.8. The summed E-state index contributed by atoms with van der Waals surface area (Å²) in [5, 5.41) is 6.82. The summed E-state index contributed by atoms with van der Waals surface area (Å²) in [4.78, 5) is 19.3. The number of carbonyl (C=O) groups excluding carboxylic acids is 1. The molecule has 0 bridgehead atoms. The predicted molar refractivity (Wildman–Crippen MR) is 136 cm³/mol. The number of aromatic nitrogens is 1. The number of carbonyl (C=O) groups is 1. The van der Waals surface area contributed by atoms with Crippen molar-refractivity contribution in [1.82, 2.24) is 10.3 Å². The van der Waals surface area contributed by atoms with Gasteiger partial charge in [-0.15, -0.1) is 0 Å². The minimum absolute atomic E-state index is 0.0625. The van der Waals surface area contributed by atoms with E-state index in [1.54, 1.807) is 0 Å². The van der Waals surface area contributed by atoms with Crippen LogP contribution in [0.2, 0.25) is 0 Å². The van der Waals surface area contributed by atoms with Crippen LogP contribution in [0.3, 0.4) is 0 Å². The highest BCUT2D eigenvalue weighted by molar-refractivity contribution is 6.05. The van der Waals surface area contributed by atoms with Crippen LogP contribution >= 0.6 is 0 Å². The van der Waals surface area contributed by atoms with E-state index in [0.717, 1.165) is 54.7 Å². The van der Waals surface area contributed by atoms with Crippen molar-refractivity contribution in [2.75, 3.05) is 23.3 Å². The number of nitrogens with one attached hydrogen (secondary N) is 2. The molecule has 1 atom stereocenters. The molecule has 1 fully saturated rings. The minimum Gasteiger partial charge on any atom is -0.371 e. The molecule has 1 aliphatic heterocycles. The Bertz CT molecular complexity index is 1060. The Morgan fingerprint density at radius 3 is 2.52 bits per heavy atom. The lowest BCUT2D eigenvalue weighted by Gasteiger charge is -2.35. The first-order valence-electron chi connectivity index (χ1n) is 11.9. The molecule has 0 aliphatic carbocycles. The zero-order chi connectivity index (χ0) is 23.2. The van der Waals surface area contributed by atoms with Crippen LogP contribution in [0.15, 0.2) is 67.0 Å². The fraction of sp³-hybridized carbons (Fsp3) is 0.357. The summed E-state index contributed by atoms with van der Waals surface area (Å²) < 4.78 is 0. The predicted octanol–water partition coefficient (Wildman–Crippen LogP) is 5.14. The van der Waals surface area contributed by atoms with E-state index in [9.17, 15) is 4.79 Å². The lowest BCUT2D eigenvalue weighted by molar-refractivity contribution is 0.102. The maximum atomic E-state index is 12.6. The molecule has 2 heterocycles. The van der Waals surface area contributed by atoms with Gasteiger partial charge < -0.3 is 15.5 Å². The van der Waals surface area contributed by atoms with Crippen molar-refractivity contribution in [3.63, 3.8) is 0 Å². The number of hydrogen-bond donors (Lipinski definition) is 2. The minimum atomic E-state index is -0.0625. The summed E-state index contributed by atoms with van der Waals surface area (Å²) in [5.41, 5.74) is 6.19. The Hall–Kier alpha value is -3.18. The van der Waals surface area contributed by atoms with Gasteiger partial charge in [-0.1, -0.05) is 23.8 Å². The molecular weight excluding hydrogens is 408 g/mol. The van der Waals surface area contributed by atoms with E-state index in [-0.39, 0.29) is 5.91 Å². The van der Waals surface area contributed by atoms with Crippen LogP contribution in [0.5, 0.6) is 0 Å². The number of nitrogens with zero attached hydrogens (tertiary/aromatic N) is 2. The first-order valence-corrected chi connectivity index (χ1v) is 11.9. The summed E-state index contributed by atoms with van der Waals surface area (Å²) in [6.45, 7) is 8.33. The van der Waals surface area contributed by atoms with E-state index in [0.29, 0.717) is 12.1 Å². The van der Waals surface area contributed by atoms with Crippen LogP contribution in [-0.2, 0) is 6.42 Å². The monoisotopic (exact) mass is 442 g/mol. The van der Waals surface area contributed by atoms with Gasteiger partial charge in [0.05, 0.1) is 0 Å². The summed E-state index contributed by atoms with van der Waals surface area (Å²) >= 11 is 0. The molecule has 1 aromatic heterocycles. The molecule has 172 valence electrons. The summed E-state index contributed by atoms with van der Waals surface area (Å²) in [6, 6.07) is 19.2. The van der Waals surface area contributed by atoms with Crippen molar-refractivity contribution in [1.29, 1.82) is 0 Å². The van der Waals surface area contributed by atoms with Gasteiger partial charge in [0.1, 0.15) is 0 Å². The summed E-state index contributed by atoms with van der Waals surface area (Å²) in [5.74, 6) is -0.0625. The van der Waals surface area contributed by atoms with Gasteiger partial charge in [0, 0.05) is 54.5 Å². The number of amides is 1. The Morgan fingerprint density at radius 2 is 1.85 bits per heavy atom. The third-order valence-electron chi connectivity index (χ3n) is 6.40. The van der Waals surface area contributed by atoms with E-state index < -0.39 is 0 Å². The van der Waals surface area contributed by atoms with Crippen LogP contribution in [0.4, 0.5) is 11.4 Å². The lowest BCUT2D eigenvalue weighted by atomic mass is 10.0. The summed E-state index contributed by atoms with van der Waals surface area (Å²) in [7, 11) is 0. The van der Waals surface area contributed by atoms with Crippen LogP contribution < -0.4 is 15.5 Å². The highest BCUT2D eigenvalue weighted by Gasteiger charge is 2.21. The molecule has 5 heteroatoms. The topological polar surface area (TPSA) is 57.3 Å². The molecule has 4 rings (SSSR count). The third kappa shape index (κ3) is 6.20. The second-order valence-electron chi connectivity index (χ2n) is 9.21. The lowest BCUT2D eigenvalue weighted by Crippen LogP contribution is -2.46. The van der Waals surface area contributed by atoms with Crippen LogP contribution in [0, 0.1) is 13.8 Å². The van der Waals surface area contributed by atoms with E-state index in [4.69, 9.17) is 0 Å². The maximum absolute atomic E-state index is 12.6. The number of rotatable bonds is 7. The second-order valence-corrected chi connectivity index (χ2v) is 9.21. The van der Waals surface area contributed by atoms with Crippen LogP contribution in [-0.4, -0.2) is 36.1 Å². The second kappa shape index (κ2) is 10.6. The Morgan fingerprint density at radius 1 is 1.09 bits per heavy atom. The summed E-state index contributed by atoms with van der Waals surface area (Å²) in [6.07, 6.45) is 7.03. The molecule has 0 spiro atoms. The maximum Gasteiger partial charge on any atom is 0.255 e.